The van der Waals surface area contributed by atoms with Crippen molar-refractivity contribution < 1.29 is 9.30 Å². The number of aromatic nitrogens is 4. The largest absolute Gasteiger partial charge is 0.458 e. The van der Waals surface area contributed by atoms with Gasteiger partial charge in [-0.1, -0.05) is 149 Å². The van der Waals surface area contributed by atoms with Crippen LogP contribution in [0, 0.1) is 6.33 Å². The van der Waals surface area contributed by atoms with Crippen molar-refractivity contribution in [2.45, 2.75) is 97.8 Å². The van der Waals surface area contributed by atoms with Crippen LogP contribution in [0.1, 0.15) is 104 Å². The van der Waals surface area contributed by atoms with Gasteiger partial charge < -0.3 is 4.74 Å². The molecule has 0 fully saturated rings. The summed E-state index contributed by atoms with van der Waals surface area (Å²) in [5.74, 6) is 2.37. The molecule has 9 aromatic rings. The summed E-state index contributed by atoms with van der Waals surface area (Å²) < 4.78 is 13.4. The van der Waals surface area contributed by atoms with Gasteiger partial charge in [0.1, 0.15) is 17.3 Å². The third kappa shape index (κ3) is 7.48. The van der Waals surface area contributed by atoms with E-state index in [2.05, 4.69) is 236 Å². The highest BCUT2D eigenvalue weighted by atomic mass is 16.5. The zero-order chi connectivity index (χ0) is 43.8. The summed E-state index contributed by atoms with van der Waals surface area (Å²) >= 11 is 0. The molecule has 0 aliphatic rings. The number of fused-ring (bicyclic) bond motifs is 4. The Morgan fingerprint density at radius 1 is 0.484 bits per heavy atom. The third-order valence-corrected chi connectivity index (χ3v) is 12.6. The standard InChI is InChI=1S/C57H58N4O/c1-54(2,3)39-24-27-49-48(33-39)47-26-25-46(36-52(47)61(49)53-34-40(28-29-58-53)57(10,11)38-18-13-12-14-19-38)62-45-21-17-20-43(35-45)59-37-60(51-23-16-15-22-50(51)59)44-31-41(55(4,5)6)30-42(32-44)56(7,8)9/h12-36H,1-11H3. The van der Waals surface area contributed by atoms with Crippen LogP contribution in [0.4, 0.5) is 0 Å². The van der Waals surface area contributed by atoms with Crippen molar-refractivity contribution >= 4 is 32.8 Å². The first-order valence-corrected chi connectivity index (χ1v) is 21.9. The van der Waals surface area contributed by atoms with E-state index in [1.807, 2.05) is 12.3 Å². The van der Waals surface area contributed by atoms with Crippen LogP contribution in [-0.4, -0.2) is 14.1 Å². The quantitative estimate of drug-likeness (QED) is 0.119. The van der Waals surface area contributed by atoms with E-state index in [9.17, 15) is 0 Å². The lowest BCUT2D eigenvalue weighted by molar-refractivity contribution is -0.572. The predicted molar refractivity (Wildman–Crippen MR) is 257 cm³/mol. The molecule has 0 N–H and O–H groups in total. The van der Waals surface area contributed by atoms with E-state index in [4.69, 9.17) is 9.72 Å². The van der Waals surface area contributed by atoms with Gasteiger partial charge in [0.2, 0.25) is 0 Å². The molecule has 0 bridgehead atoms. The molecule has 0 radical (unpaired) electrons. The number of rotatable bonds is 7. The Bertz CT molecular complexity index is 3090. The molecule has 0 saturated heterocycles. The summed E-state index contributed by atoms with van der Waals surface area (Å²) in [5.41, 5.74) is 12.5. The van der Waals surface area contributed by atoms with Gasteiger partial charge in [-0.05, 0) is 111 Å². The predicted octanol–water partition coefficient (Wildman–Crippen LogP) is 14.2. The number of hydrogen-bond donors (Lipinski definition) is 0. The zero-order valence-electron chi connectivity index (χ0n) is 38.1. The molecule has 0 atom stereocenters. The molecule has 0 amide bonds. The zero-order valence-corrected chi connectivity index (χ0v) is 38.1. The van der Waals surface area contributed by atoms with Crippen LogP contribution in [-0.2, 0) is 21.7 Å². The molecule has 6 aromatic carbocycles. The Kier molecular flexibility index (Phi) is 9.81. The fourth-order valence-electron chi connectivity index (χ4n) is 8.60. The molecule has 0 aliphatic heterocycles. The average molecular weight is 815 g/mol. The molecular weight excluding hydrogens is 757 g/mol. The molecule has 0 unspecified atom stereocenters. The van der Waals surface area contributed by atoms with Crippen molar-refractivity contribution in [1.29, 1.82) is 0 Å². The van der Waals surface area contributed by atoms with Crippen molar-refractivity contribution in [3.8, 4) is 28.7 Å². The number of hydrogen-bond acceptors (Lipinski definition) is 2. The minimum atomic E-state index is -0.218. The molecule has 3 aromatic heterocycles. The smallest absolute Gasteiger partial charge is 0.269 e. The maximum absolute atomic E-state index is 6.79. The van der Waals surface area contributed by atoms with E-state index >= 15 is 0 Å². The minimum absolute atomic E-state index is 0.00211. The summed E-state index contributed by atoms with van der Waals surface area (Å²) in [4.78, 5) is 5.02. The van der Waals surface area contributed by atoms with Crippen LogP contribution in [0.2, 0.25) is 0 Å². The lowest BCUT2D eigenvalue weighted by atomic mass is 9.78. The van der Waals surface area contributed by atoms with Crippen molar-refractivity contribution in [2.75, 3.05) is 0 Å². The molecule has 5 nitrogen and oxygen atoms in total. The van der Waals surface area contributed by atoms with Crippen molar-refractivity contribution in [3.05, 3.63) is 186 Å². The van der Waals surface area contributed by atoms with Gasteiger partial charge in [0.15, 0.2) is 0 Å². The highest BCUT2D eigenvalue weighted by molar-refractivity contribution is 6.09. The molecule has 9 rings (SSSR count). The summed E-state index contributed by atoms with van der Waals surface area (Å²) in [7, 11) is 0. The second-order valence-corrected chi connectivity index (χ2v) is 20.5. The molecule has 312 valence electrons. The van der Waals surface area contributed by atoms with Crippen LogP contribution in [0.5, 0.6) is 11.5 Å². The lowest BCUT2D eigenvalue weighted by Gasteiger charge is -2.26. The van der Waals surface area contributed by atoms with E-state index in [0.717, 1.165) is 56.1 Å². The van der Waals surface area contributed by atoms with Gasteiger partial charge in [0.05, 0.1) is 33.4 Å². The van der Waals surface area contributed by atoms with E-state index in [1.165, 1.54) is 33.2 Å². The average Bonchev–Trinajstić information content (AvgIpc) is 3.79. The first-order chi connectivity index (χ1) is 29.4. The van der Waals surface area contributed by atoms with Gasteiger partial charge in [0.25, 0.3) is 6.33 Å². The SMILES string of the molecule is CC(C)(C)c1cc(-[n+]2[c-]n(-c3cccc(Oc4ccc5c6cc(C(C)(C)C)ccc6n(-c6cc(C(C)(C)c7ccccc7)ccn6)c5c4)c3)c3ccccc32)cc(C(C)(C)C)c1. The molecule has 62 heavy (non-hydrogen) atoms. The van der Waals surface area contributed by atoms with Gasteiger partial charge in [-0.3, -0.25) is 13.7 Å². The molecular formula is C57H58N4O. The summed E-state index contributed by atoms with van der Waals surface area (Å²) in [6, 6.07) is 52.2. The molecule has 0 spiro atoms. The lowest BCUT2D eigenvalue weighted by Crippen LogP contribution is -2.31. The third-order valence-electron chi connectivity index (χ3n) is 12.6. The maximum Gasteiger partial charge on any atom is 0.269 e. The van der Waals surface area contributed by atoms with Crippen molar-refractivity contribution in [2.24, 2.45) is 0 Å². The van der Waals surface area contributed by atoms with Gasteiger partial charge in [0, 0.05) is 28.5 Å². The second kappa shape index (κ2) is 14.9. The molecule has 5 heteroatoms. The first kappa shape index (κ1) is 40.9. The summed E-state index contributed by atoms with van der Waals surface area (Å²) in [6.45, 7) is 25.1. The van der Waals surface area contributed by atoms with E-state index in [1.54, 1.807) is 0 Å². The number of pyridine rings is 1. The monoisotopic (exact) mass is 814 g/mol. The van der Waals surface area contributed by atoms with Crippen molar-refractivity contribution in [3.63, 3.8) is 0 Å². The molecule has 3 heterocycles. The Labute approximate surface area is 367 Å². The number of nitrogens with zero attached hydrogens (tertiary/aromatic N) is 4. The van der Waals surface area contributed by atoms with E-state index in [0.29, 0.717) is 0 Å². The molecule has 0 aliphatic carbocycles. The van der Waals surface area contributed by atoms with Gasteiger partial charge in [-0.15, -0.1) is 0 Å². The Hall–Kier alpha value is -6.46. The van der Waals surface area contributed by atoms with Crippen molar-refractivity contribution in [1.82, 2.24) is 14.1 Å². The Morgan fingerprint density at radius 3 is 1.87 bits per heavy atom. The highest BCUT2D eigenvalue weighted by Gasteiger charge is 2.26. The normalized spacial score (nSPS) is 12.8. The van der Waals surface area contributed by atoms with Crippen LogP contribution in [0.3, 0.4) is 0 Å². The fourth-order valence-corrected chi connectivity index (χ4v) is 8.60. The Balaban J connectivity index is 1.14. The highest BCUT2D eigenvalue weighted by Crippen LogP contribution is 2.39. The summed E-state index contributed by atoms with van der Waals surface area (Å²) in [5, 5.41) is 2.35. The van der Waals surface area contributed by atoms with Crippen LogP contribution < -0.4 is 9.30 Å². The number of ether oxygens (including phenoxy) is 1. The fraction of sp³-hybridized carbons (Fsp3) is 0.263. The second-order valence-electron chi connectivity index (χ2n) is 20.5. The van der Waals surface area contributed by atoms with Crippen LogP contribution in [0.25, 0.3) is 50.0 Å². The maximum atomic E-state index is 6.79. The van der Waals surface area contributed by atoms with Gasteiger partial charge >= 0.3 is 0 Å². The minimum Gasteiger partial charge on any atom is -0.458 e. The van der Waals surface area contributed by atoms with E-state index in [-0.39, 0.29) is 21.7 Å². The van der Waals surface area contributed by atoms with Gasteiger partial charge in [-0.2, -0.15) is 0 Å². The Morgan fingerprint density at radius 2 is 1.16 bits per heavy atom. The van der Waals surface area contributed by atoms with E-state index < -0.39 is 0 Å². The first-order valence-electron chi connectivity index (χ1n) is 21.9. The number of imidazole rings is 1. The van der Waals surface area contributed by atoms with Crippen LogP contribution >= 0.6 is 0 Å². The number of para-hydroxylation sites is 2. The van der Waals surface area contributed by atoms with Gasteiger partial charge in [-0.25, -0.2) is 4.98 Å². The number of benzene rings is 6. The van der Waals surface area contributed by atoms with Crippen LogP contribution in [0.15, 0.2) is 152 Å². The molecule has 0 saturated carbocycles. The summed E-state index contributed by atoms with van der Waals surface area (Å²) in [6.07, 6.45) is 5.69. The topological polar surface area (TPSA) is 35.9 Å².